The molecular formula is C16H19Br2NS. The number of benzene rings is 1. The minimum atomic E-state index is 0.346. The molecule has 0 saturated heterocycles. The molecule has 1 atom stereocenters. The van der Waals surface area contributed by atoms with E-state index < -0.39 is 0 Å². The van der Waals surface area contributed by atoms with Crippen LogP contribution in [0.4, 0.5) is 0 Å². The highest BCUT2D eigenvalue weighted by molar-refractivity contribution is 9.10. The Labute approximate surface area is 142 Å². The lowest BCUT2D eigenvalue weighted by Gasteiger charge is -2.21. The molecule has 1 N–H and O–H groups in total. The van der Waals surface area contributed by atoms with Crippen LogP contribution in [-0.2, 0) is 6.42 Å². The van der Waals surface area contributed by atoms with Gasteiger partial charge in [0.25, 0.3) is 0 Å². The maximum absolute atomic E-state index is 3.75. The van der Waals surface area contributed by atoms with E-state index in [1.807, 2.05) is 11.3 Å². The first-order chi connectivity index (χ1) is 9.63. The van der Waals surface area contributed by atoms with Crippen LogP contribution in [0.25, 0.3) is 0 Å². The third-order valence-electron chi connectivity index (χ3n) is 3.32. The van der Waals surface area contributed by atoms with Gasteiger partial charge in [0.05, 0.1) is 0 Å². The highest BCUT2D eigenvalue weighted by Gasteiger charge is 2.17. The zero-order valence-corrected chi connectivity index (χ0v) is 15.7. The summed E-state index contributed by atoms with van der Waals surface area (Å²) in [5.74, 6) is 0. The van der Waals surface area contributed by atoms with E-state index >= 15 is 0 Å². The van der Waals surface area contributed by atoms with Gasteiger partial charge in [0, 0.05) is 26.3 Å². The molecule has 1 aromatic heterocycles. The van der Waals surface area contributed by atoms with Gasteiger partial charge >= 0.3 is 0 Å². The van der Waals surface area contributed by atoms with Gasteiger partial charge in [0.2, 0.25) is 0 Å². The third kappa shape index (κ3) is 3.94. The fourth-order valence-electron chi connectivity index (χ4n) is 2.21. The molecule has 1 unspecified atom stereocenters. The Morgan fingerprint density at radius 1 is 1.25 bits per heavy atom. The van der Waals surface area contributed by atoms with Gasteiger partial charge in [-0.15, -0.1) is 11.3 Å². The Morgan fingerprint density at radius 3 is 2.70 bits per heavy atom. The van der Waals surface area contributed by atoms with Crippen molar-refractivity contribution in [1.82, 2.24) is 5.32 Å². The number of rotatable bonds is 6. The van der Waals surface area contributed by atoms with Crippen molar-refractivity contribution in [1.29, 1.82) is 0 Å². The summed E-state index contributed by atoms with van der Waals surface area (Å²) in [6.07, 6.45) is 2.16. The van der Waals surface area contributed by atoms with Crippen molar-refractivity contribution in [3.05, 3.63) is 54.6 Å². The van der Waals surface area contributed by atoms with Crippen molar-refractivity contribution in [3.63, 3.8) is 0 Å². The second kappa shape index (κ2) is 7.74. The Bertz CT molecular complexity index is 565. The van der Waals surface area contributed by atoms with Crippen molar-refractivity contribution >= 4 is 43.2 Å². The van der Waals surface area contributed by atoms with Gasteiger partial charge in [-0.1, -0.05) is 41.1 Å². The molecule has 0 aliphatic rings. The monoisotopic (exact) mass is 415 g/mol. The number of aryl methyl sites for hydroxylation is 1. The summed E-state index contributed by atoms with van der Waals surface area (Å²) in [6, 6.07) is 8.97. The van der Waals surface area contributed by atoms with E-state index in [2.05, 4.69) is 80.7 Å². The summed E-state index contributed by atoms with van der Waals surface area (Å²) in [5.41, 5.74) is 2.63. The average Bonchev–Trinajstić information content (AvgIpc) is 2.83. The van der Waals surface area contributed by atoms with E-state index in [1.54, 1.807) is 0 Å². The van der Waals surface area contributed by atoms with Crippen molar-refractivity contribution in [2.75, 3.05) is 6.54 Å². The Kier molecular flexibility index (Phi) is 6.27. The van der Waals surface area contributed by atoms with Gasteiger partial charge in [-0.2, -0.15) is 0 Å². The van der Waals surface area contributed by atoms with Gasteiger partial charge in [0.1, 0.15) is 0 Å². The smallest absolute Gasteiger partial charge is 0.0380 e. The molecule has 1 aromatic carbocycles. The molecule has 108 valence electrons. The molecule has 20 heavy (non-hydrogen) atoms. The molecule has 0 bridgehead atoms. The first kappa shape index (κ1) is 16.2. The minimum absolute atomic E-state index is 0.346. The molecule has 1 nitrogen and oxygen atoms in total. The van der Waals surface area contributed by atoms with Crippen LogP contribution in [0.15, 0.2) is 38.6 Å². The van der Waals surface area contributed by atoms with Gasteiger partial charge in [-0.05, 0) is 58.4 Å². The normalized spacial score (nSPS) is 12.6. The van der Waals surface area contributed by atoms with Crippen LogP contribution in [0.3, 0.4) is 0 Å². The number of hydrogen-bond acceptors (Lipinski definition) is 2. The second-order valence-corrected chi connectivity index (χ2v) is 7.53. The summed E-state index contributed by atoms with van der Waals surface area (Å²) >= 11 is 9.20. The zero-order chi connectivity index (χ0) is 14.5. The maximum Gasteiger partial charge on any atom is 0.0380 e. The summed E-state index contributed by atoms with van der Waals surface area (Å²) in [4.78, 5) is 1.40. The van der Waals surface area contributed by atoms with Crippen molar-refractivity contribution in [2.24, 2.45) is 0 Å². The van der Waals surface area contributed by atoms with Crippen molar-refractivity contribution in [3.8, 4) is 0 Å². The summed E-state index contributed by atoms with van der Waals surface area (Å²) in [6.45, 7) is 5.38. The van der Waals surface area contributed by atoms with Crippen LogP contribution >= 0.6 is 43.2 Å². The predicted octanol–water partition coefficient (Wildman–Crippen LogP) is 5.86. The van der Waals surface area contributed by atoms with Crippen LogP contribution in [-0.4, -0.2) is 6.54 Å². The van der Waals surface area contributed by atoms with E-state index in [-0.39, 0.29) is 0 Å². The van der Waals surface area contributed by atoms with E-state index in [0.717, 1.165) is 19.4 Å². The molecule has 0 aliphatic carbocycles. The number of thiophene rings is 1. The van der Waals surface area contributed by atoms with Crippen LogP contribution in [0.2, 0.25) is 0 Å². The fourth-order valence-corrected chi connectivity index (χ4v) is 4.31. The number of nitrogens with one attached hydrogen (secondary N) is 1. The quantitative estimate of drug-likeness (QED) is 0.621. The van der Waals surface area contributed by atoms with E-state index in [4.69, 9.17) is 0 Å². The van der Waals surface area contributed by atoms with Gasteiger partial charge in [-0.25, -0.2) is 0 Å². The largest absolute Gasteiger partial charge is 0.310 e. The molecule has 2 aromatic rings. The van der Waals surface area contributed by atoms with E-state index in [1.165, 1.54) is 24.9 Å². The second-order valence-electron chi connectivity index (χ2n) is 4.88. The number of hydrogen-bond donors (Lipinski definition) is 1. The standard InChI is InChI=1S/C16H19Br2NS/c1-3-8-19-14(10-15-13(17)7-9-20-15)12-6-4-5-11(2)16(12)18/h4-7,9,14,19H,3,8,10H2,1-2H3. The maximum atomic E-state index is 3.75. The summed E-state index contributed by atoms with van der Waals surface area (Å²) < 4.78 is 2.44. The molecule has 1 heterocycles. The highest BCUT2D eigenvalue weighted by atomic mass is 79.9. The molecule has 0 spiro atoms. The lowest BCUT2D eigenvalue weighted by Crippen LogP contribution is -2.24. The first-order valence-electron chi connectivity index (χ1n) is 6.83. The Hall–Kier alpha value is -0.160. The summed E-state index contributed by atoms with van der Waals surface area (Å²) in [7, 11) is 0. The summed E-state index contributed by atoms with van der Waals surface area (Å²) in [5, 5.41) is 5.82. The van der Waals surface area contributed by atoms with E-state index in [0.29, 0.717) is 6.04 Å². The average molecular weight is 417 g/mol. The third-order valence-corrected chi connectivity index (χ3v) is 6.35. The SMILES string of the molecule is CCCNC(Cc1sccc1Br)c1cccc(C)c1Br. The van der Waals surface area contributed by atoms with Crippen LogP contribution in [0, 0.1) is 6.92 Å². The van der Waals surface area contributed by atoms with Crippen LogP contribution in [0.5, 0.6) is 0 Å². The highest BCUT2D eigenvalue weighted by Crippen LogP contribution is 2.32. The Morgan fingerprint density at radius 2 is 2.05 bits per heavy atom. The van der Waals surface area contributed by atoms with Gasteiger partial charge < -0.3 is 5.32 Å². The lowest BCUT2D eigenvalue weighted by atomic mass is 10.0. The lowest BCUT2D eigenvalue weighted by molar-refractivity contribution is 0.530. The van der Waals surface area contributed by atoms with Crippen LogP contribution in [0.1, 0.15) is 35.4 Å². The van der Waals surface area contributed by atoms with Crippen molar-refractivity contribution in [2.45, 2.75) is 32.7 Å². The molecule has 0 amide bonds. The molecule has 0 saturated carbocycles. The van der Waals surface area contributed by atoms with Crippen LogP contribution < -0.4 is 5.32 Å². The fraction of sp³-hybridized carbons (Fsp3) is 0.375. The zero-order valence-electron chi connectivity index (χ0n) is 11.7. The van der Waals surface area contributed by atoms with Gasteiger partial charge in [-0.3, -0.25) is 0 Å². The van der Waals surface area contributed by atoms with Gasteiger partial charge in [0.15, 0.2) is 0 Å². The van der Waals surface area contributed by atoms with Crippen molar-refractivity contribution < 1.29 is 0 Å². The molecular weight excluding hydrogens is 398 g/mol. The topological polar surface area (TPSA) is 12.0 Å². The molecule has 4 heteroatoms. The first-order valence-corrected chi connectivity index (χ1v) is 9.30. The molecule has 2 rings (SSSR count). The predicted molar refractivity (Wildman–Crippen MR) is 95.6 cm³/mol. The molecule has 0 radical (unpaired) electrons. The minimum Gasteiger partial charge on any atom is -0.310 e. The molecule has 0 fully saturated rings. The molecule has 0 aliphatic heterocycles. The number of halogens is 2. The van der Waals surface area contributed by atoms with E-state index in [9.17, 15) is 0 Å². The Balaban J connectivity index is 2.27.